The van der Waals surface area contributed by atoms with Gasteiger partial charge in [-0.2, -0.15) is 0 Å². The molecule has 0 spiro atoms. The van der Waals surface area contributed by atoms with E-state index in [1.807, 2.05) is 0 Å². The Bertz CT molecular complexity index is 411. The largest absolute Gasteiger partial charge is 0.495 e. The first kappa shape index (κ1) is 13.7. The highest BCUT2D eigenvalue weighted by Gasteiger charge is 2.24. The van der Waals surface area contributed by atoms with E-state index < -0.39 is 0 Å². The number of halogens is 1. The van der Waals surface area contributed by atoms with E-state index in [1.54, 1.807) is 7.11 Å². The molecule has 1 aromatic rings. The second-order valence-corrected chi connectivity index (χ2v) is 5.69. The molecule has 0 amide bonds. The Hall–Kier alpha value is -0.740. The standard InChI is InChI=1S/C14H21BrN2O/c1-4-11-9-17(10(2)8-16-11)12-5-6-13(15)14(7-12)18-3/h5-7,10-11,16H,4,8-9H2,1-3H3. The molecule has 1 aliphatic rings. The van der Waals surface area contributed by atoms with Crippen molar-refractivity contribution in [3.8, 4) is 5.75 Å². The molecule has 0 radical (unpaired) electrons. The summed E-state index contributed by atoms with van der Waals surface area (Å²) in [4.78, 5) is 2.46. The summed E-state index contributed by atoms with van der Waals surface area (Å²) in [6.45, 7) is 6.58. The fraction of sp³-hybridized carbons (Fsp3) is 0.571. The fourth-order valence-corrected chi connectivity index (χ4v) is 2.80. The first-order valence-electron chi connectivity index (χ1n) is 6.49. The van der Waals surface area contributed by atoms with E-state index in [0.717, 1.165) is 29.7 Å². The number of piperazine rings is 1. The van der Waals surface area contributed by atoms with Crippen molar-refractivity contribution in [1.82, 2.24) is 5.32 Å². The highest BCUT2D eigenvalue weighted by Crippen LogP contribution is 2.31. The topological polar surface area (TPSA) is 24.5 Å². The lowest BCUT2D eigenvalue weighted by molar-refractivity contribution is 0.394. The predicted molar refractivity (Wildman–Crippen MR) is 79.6 cm³/mol. The van der Waals surface area contributed by atoms with Crippen LogP contribution in [0.2, 0.25) is 0 Å². The molecule has 18 heavy (non-hydrogen) atoms. The van der Waals surface area contributed by atoms with Crippen LogP contribution in [-0.4, -0.2) is 32.3 Å². The Morgan fingerprint density at radius 2 is 2.28 bits per heavy atom. The van der Waals surface area contributed by atoms with E-state index in [0.29, 0.717) is 12.1 Å². The van der Waals surface area contributed by atoms with Crippen LogP contribution in [-0.2, 0) is 0 Å². The van der Waals surface area contributed by atoms with Gasteiger partial charge in [-0.05, 0) is 41.4 Å². The van der Waals surface area contributed by atoms with Gasteiger partial charge in [-0.15, -0.1) is 0 Å². The normalized spacial score (nSPS) is 24.1. The third-order valence-corrected chi connectivity index (χ3v) is 4.27. The van der Waals surface area contributed by atoms with Crippen LogP contribution in [0.4, 0.5) is 5.69 Å². The number of nitrogens with zero attached hydrogens (tertiary/aromatic N) is 1. The molecule has 0 saturated carbocycles. The lowest BCUT2D eigenvalue weighted by Crippen LogP contribution is -2.55. The summed E-state index contributed by atoms with van der Waals surface area (Å²) in [5.74, 6) is 0.895. The number of hydrogen-bond acceptors (Lipinski definition) is 3. The number of hydrogen-bond donors (Lipinski definition) is 1. The van der Waals surface area contributed by atoms with Gasteiger partial charge in [0, 0.05) is 36.9 Å². The highest BCUT2D eigenvalue weighted by molar-refractivity contribution is 9.10. The molecule has 1 saturated heterocycles. The monoisotopic (exact) mass is 312 g/mol. The zero-order chi connectivity index (χ0) is 13.1. The quantitative estimate of drug-likeness (QED) is 0.928. The molecule has 100 valence electrons. The lowest BCUT2D eigenvalue weighted by atomic mass is 10.1. The third-order valence-electron chi connectivity index (χ3n) is 3.61. The van der Waals surface area contributed by atoms with Gasteiger partial charge in [0.1, 0.15) is 5.75 Å². The van der Waals surface area contributed by atoms with Gasteiger partial charge in [0.05, 0.1) is 11.6 Å². The Morgan fingerprint density at radius 1 is 1.50 bits per heavy atom. The maximum absolute atomic E-state index is 5.38. The zero-order valence-corrected chi connectivity index (χ0v) is 12.8. The van der Waals surface area contributed by atoms with Gasteiger partial charge in [-0.3, -0.25) is 0 Å². The second kappa shape index (κ2) is 5.93. The van der Waals surface area contributed by atoms with Crippen molar-refractivity contribution in [3.63, 3.8) is 0 Å². The smallest absolute Gasteiger partial charge is 0.135 e. The lowest BCUT2D eigenvalue weighted by Gasteiger charge is -2.40. The van der Waals surface area contributed by atoms with Gasteiger partial charge < -0.3 is 15.0 Å². The predicted octanol–water partition coefficient (Wildman–Crippen LogP) is 3.03. The van der Waals surface area contributed by atoms with E-state index in [9.17, 15) is 0 Å². The molecule has 1 fully saturated rings. The number of anilines is 1. The summed E-state index contributed by atoms with van der Waals surface area (Å²) >= 11 is 3.50. The van der Waals surface area contributed by atoms with Crippen LogP contribution in [0.15, 0.2) is 22.7 Å². The number of methoxy groups -OCH3 is 1. The Labute approximate surface area is 118 Å². The molecule has 0 aliphatic carbocycles. The maximum Gasteiger partial charge on any atom is 0.135 e. The number of rotatable bonds is 3. The van der Waals surface area contributed by atoms with E-state index in [2.05, 4.69) is 58.2 Å². The summed E-state index contributed by atoms with van der Waals surface area (Å²) in [5, 5.41) is 3.58. The SMILES string of the molecule is CCC1CN(c2ccc(Br)c(OC)c2)C(C)CN1. The molecule has 0 aromatic heterocycles. The molecule has 1 aliphatic heterocycles. The fourth-order valence-electron chi connectivity index (χ4n) is 2.39. The highest BCUT2D eigenvalue weighted by atomic mass is 79.9. The molecule has 1 N–H and O–H groups in total. The van der Waals surface area contributed by atoms with Crippen molar-refractivity contribution in [2.24, 2.45) is 0 Å². The first-order chi connectivity index (χ1) is 8.65. The van der Waals surface area contributed by atoms with Gasteiger partial charge in [0.2, 0.25) is 0 Å². The number of nitrogens with one attached hydrogen (secondary N) is 1. The minimum absolute atomic E-state index is 0.513. The molecule has 0 bridgehead atoms. The van der Waals surface area contributed by atoms with Crippen LogP contribution in [0.25, 0.3) is 0 Å². The first-order valence-corrected chi connectivity index (χ1v) is 7.28. The summed E-state index contributed by atoms with van der Waals surface area (Å²) in [6, 6.07) is 7.42. The molecular formula is C14H21BrN2O. The van der Waals surface area contributed by atoms with E-state index >= 15 is 0 Å². The van der Waals surface area contributed by atoms with Crippen LogP contribution < -0.4 is 15.0 Å². The molecule has 3 nitrogen and oxygen atoms in total. The van der Waals surface area contributed by atoms with Crippen LogP contribution in [0, 0.1) is 0 Å². The maximum atomic E-state index is 5.38. The van der Waals surface area contributed by atoms with Crippen LogP contribution >= 0.6 is 15.9 Å². The van der Waals surface area contributed by atoms with Crippen molar-refractivity contribution < 1.29 is 4.74 Å². The average molecular weight is 313 g/mol. The van der Waals surface area contributed by atoms with Crippen molar-refractivity contribution in [1.29, 1.82) is 0 Å². The second-order valence-electron chi connectivity index (χ2n) is 4.83. The van der Waals surface area contributed by atoms with Crippen LogP contribution in [0.1, 0.15) is 20.3 Å². The molecule has 2 atom stereocenters. The van der Waals surface area contributed by atoms with E-state index in [1.165, 1.54) is 5.69 Å². The molecule has 1 aromatic carbocycles. The molecular weight excluding hydrogens is 292 g/mol. The van der Waals surface area contributed by atoms with Crippen molar-refractivity contribution in [2.75, 3.05) is 25.1 Å². The minimum atomic E-state index is 0.513. The minimum Gasteiger partial charge on any atom is -0.495 e. The Morgan fingerprint density at radius 3 is 2.94 bits per heavy atom. The van der Waals surface area contributed by atoms with E-state index in [4.69, 9.17) is 4.74 Å². The van der Waals surface area contributed by atoms with Crippen LogP contribution in [0.5, 0.6) is 5.75 Å². The average Bonchev–Trinajstić information content (AvgIpc) is 2.40. The summed E-state index contributed by atoms with van der Waals surface area (Å²) < 4.78 is 6.38. The van der Waals surface area contributed by atoms with Crippen molar-refractivity contribution in [3.05, 3.63) is 22.7 Å². The summed E-state index contributed by atoms with van der Waals surface area (Å²) in [6.07, 6.45) is 1.16. The molecule has 1 heterocycles. The Kier molecular flexibility index (Phi) is 4.51. The Balaban J connectivity index is 2.23. The van der Waals surface area contributed by atoms with Gasteiger partial charge in [0.15, 0.2) is 0 Å². The van der Waals surface area contributed by atoms with Gasteiger partial charge in [-0.25, -0.2) is 0 Å². The van der Waals surface area contributed by atoms with Gasteiger partial charge >= 0.3 is 0 Å². The van der Waals surface area contributed by atoms with Crippen molar-refractivity contribution in [2.45, 2.75) is 32.4 Å². The number of benzene rings is 1. The van der Waals surface area contributed by atoms with Crippen LogP contribution in [0.3, 0.4) is 0 Å². The van der Waals surface area contributed by atoms with Gasteiger partial charge in [0.25, 0.3) is 0 Å². The zero-order valence-electron chi connectivity index (χ0n) is 11.2. The molecule has 4 heteroatoms. The summed E-state index contributed by atoms with van der Waals surface area (Å²) in [7, 11) is 1.71. The molecule has 2 unspecified atom stereocenters. The third kappa shape index (κ3) is 2.81. The van der Waals surface area contributed by atoms with Crippen molar-refractivity contribution >= 4 is 21.6 Å². The van der Waals surface area contributed by atoms with E-state index in [-0.39, 0.29) is 0 Å². The summed E-state index contributed by atoms with van der Waals surface area (Å²) in [5.41, 5.74) is 1.24. The molecule has 2 rings (SSSR count). The number of ether oxygens (including phenoxy) is 1. The van der Waals surface area contributed by atoms with Gasteiger partial charge in [-0.1, -0.05) is 6.92 Å².